The van der Waals surface area contributed by atoms with Crippen LogP contribution >= 0.6 is 9.90 Å². The summed E-state index contributed by atoms with van der Waals surface area (Å²) in [5, 5.41) is 0. The first-order chi connectivity index (χ1) is 0. The molecule has 0 aliphatic rings. The Labute approximate surface area is 38.8 Å². The molecule has 0 amide bonds. The average Bonchev–Trinajstić information content (AvgIpc) is 0. The van der Waals surface area contributed by atoms with E-state index in [4.69, 9.17) is 0 Å². The Hall–Kier alpha value is 0.844. The van der Waals surface area contributed by atoms with Crippen LogP contribution in [-0.4, -0.2) is 5.48 Å². The largest absolute Gasteiger partial charge is 0.412 e. The van der Waals surface area contributed by atoms with Crippen LogP contribution in [0.4, 0.5) is 0 Å². The molecule has 0 aliphatic carbocycles. The van der Waals surface area contributed by atoms with Crippen LogP contribution in [0.1, 0.15) is 0 Å². The van der Waals surface area contributed by atoms with E-state index in [1.54, 1.807) is 0 Å². The Balaban J connectivity index is 0. The third-order valence-corrected chi connectivity index (χ3v) is 0. The Morgan fingerprint density at radius 1 is 1.00 bits per heavy atom. The molecule has 0 aromatic heterocycles. The van der Waals surface area contributed by atoms with E-state index < -0.39 is 0 Å². The summed E-state index contributed by atoms with van der Waals surface area (Å²) < 4.78 is 0. The van der Waals surface area contributed by atoms with Gasteiger partial charge in [0.05, 0.1) is 0 Å². The topological polar surface area (TPSA) is 66.5 Å². The molecule has 1 unspecified atom stereocenters. The standard InChI is InChI=1S/H3N.Ni.H2O.H3P/h1H3;;1H2;1H3. The van der Waals surface area contributed by atoms with Gasteiger partial charge in [-0.3, -0.25) is 0 Å². The minimum Gasteiger partial charge on any atom is -0.412 e. The van der Waals surface area contributed by atoms with Crippen molar-refractivity contribution in [2.45, 2.75) is 0 Å². The summed E-state index contributed by atoms with van der Waals surface area (Å²) in [4.78, 5) is 0. The Bertz CT molecular complexity index is 8.00. The molecule has 4 heteroatoms. The first kappa shape index (κ1) is 101. The van der Waals surface area contributed by atoms with E-state index in [1.165, 1.54) is 0 Å². The van der Waals surface area contributed by atoms with Crippen molar-refractivity contribution in [2.75, 3.05) is 0 Å². The maximum Gasteiger partial charge on any atom is 0 e. The smallest absolute Gasteiger partial charge is 0 e. The monoisotopic (exact) mass is 127 g/mol. The van der Waals surface area contributed by atoms with Crippen LogP contribution in [0.2, 0.25) is 0 Å². The van der Waals surface area contributed by atoms with Crippen molar-refractivity contribution in [1.29, 1.82) is 0 Å². The summed E-state index contributed by atoms with van der Waals surface area (Å²) in [5.41, 5.74) is 0. The third kappa shape index (κ3) is 13.6. The fourth-order valence-corrected chi connectivity index (χ4v) is 0. The van der Waals surface area contributed by atoms with Gasteiger partial charge in [-0.15, -0.1) is 0 Å². The van der Waals surface area contributed by atoms with Gasteiger partial charge >= 0.3 is 0 Å². The molecular weight excluding hydrogens is 120 g/mol. The van der Waals surface area contributed by atoms with Gasteiger partial charge < -0.3 is 11.6 Å². The first-order valence-corrected chi connectivity index (χ1v) is 0. The second-order valence-electron chi connectivity index (χ2n) is 0. The van der Waals surface area contributed by atoms with Gasteiger partial charge in [0, 0.05) is 16.5 Å². The van der Waals surface area contributed by atoms with E-state index >= 15 is 0 Å². The summed E-state index contributed by atoms with van der Waals surface area (Å²) in [6, 6.07) is 0. The fourth-order valence-electron chi connectivity index (χ4n) is 0. The molecule has 0 aromatic carbocycles. The molecule has 2 nitrogen and oxygen atoms in total. The summed E-state index contributed by atoms with van der Waals surface area (Å²) in [6.07, 6.45) is 0. The van der Waals surface area contributed by atoms with Crippen molar-refractivity contribution < 1.29 is 22.0 Å². The Morgan fingerprint density at radius 2 is 1.00 bits per heavy atom. The van der Waals surface area contributed by atoms with E-state index in [9.17, 15) is 0 Å². The Morgan fingerprint density at radius 3 is 1.00 bits per heavy atom. The van der Waals surface area contributed by atoms with Crippen LogP contribution < -0.4 is 6.15 Å². The summed E-state index contributed by atoms with van der Waals surface area (Å²) in [7, 11) is 0. The van der Waals surface area contributed by atoms with Crippen LogP contribution in [0.25, 0.3) is 0 Å². The zero-order valence-corrected chi connectivity index (χ0v) is 4.63. The van der Waals surface area contributed by atoms with Gasteiger partial charge in [-0.2, -0.15) is 9.90 Å². The second-order valence-corrected chi connectivity index (χ2v) is 0. The molecule has 0 saturated heterocycles. The van der Waals surface area contributed by atoms with Gasteiger partial charge in [0.2, 0.25) is 0 Å². The molecule has 4 heavy (non-hydrogen) atoms. The van der Waals surface area contributed by atoms with Gasteiger partial charge in [-0.25, -0.2) is 0 Å². The molecule has 0 heterocycles. The van der Waals surface area contributed by atoms with E-state index in [0.29, 0.717) is 0 Å². The van der Waals surface area contributed by atoms with Crippen LogP contribution in [0.15, 0.2) is 0 Å². The normalized spacial score (nSPS) is 0. The maximum absolute atomic E-state index is 0. The zero-order chi connectivity index (χ0) is 0. The summed E-state index contributed by atoms with van der Waals surface area (Å²) in [5.74, 6) is 0. The molecule has 0 aliphatic heterocycles. The van der Waals surface area contributed by atoms with Gasteiger partial charge in [-0.1, -0.05) is 0 Å². The number of rotatable bonds is 0. The van der Waals surface area contributed by atoms with Crippen molar-refractivity contribution in [2.24, 2.45) is 0 Å². The fraction of sp³-hybridized carbons (Fsp3) is 0. The predicted molar refractivity (Wildman–Crippen MR) is 19.7 cm³/mol. The SMILES string of the molecule is N.O.P.[Ni]. The summed E-state index contributed by atoms with van der Waals surface area (Å²) in [6.45, 7) is 0. The van der Waals surface area contributed by atoms with Crippen LogP contribution in [0.5, 0.6) is 0 Å². The molecule has 0 bridgehead atoms. The van der Waals surface area contributed by atoms with E-state index in [1.807, 2.05) is 0 Å². The molecule has 0 saturated carbocycles. The quantitative estimate of drug-likeness (QED) is 0.343. The van der Waals surface area contributed by atoms with Crippen LogP contribution in [0, 0.1) is 0 Å². The molecule has 0 fully saturated rings. The van der Waals surface area contributed by atoms with E-state index in [2.05, 4.69) is 0 Å². The molecule has 0 radical (unpaired) electrons. The number of hydrogen-bond donors (Lipinski definition) is 1. The molecule has 0 aromatic rings. The summed E-state index contributed by atoms with van der Waals surface area (Å²) >= 11 is 0. The molecule has 0 rings (SSSR count). The van der Waals surface area contributed by atoms with Crippen molar-refractivity contribution in [1.82, 2.24) is 6.15 Å². The van der Waals surface area contributed by atoms with Crippen molar-refractivity contribution >= 4 is 9.90 Å². The van der Waals surface area contributed by atoms with E-state index in [-0.39, 0.29) is 38.0 Å². The van der Waals surface area contributed by atoms with Crippen LogP contribution in [-0.2, 0) is 16.5 Å². The van der Waals surface area contributed by atoms with Gasteiger partial charge in [0.1, 0.15) is 0 Å². The predicted octanol–water partition coefficient (Wildman–Crippen LogP) is -0.607. The molecule has 34 valence electrons. The van der Waals surface area contributed by atoms with Crippen molar-refractivity contribution in [3.63, 3.8) is 0 Å². The van der Waals surface area contributed by atoms with Crippen molar-refractivity contribution in [3.8, 4) is 0 Å². The minimum atomic E-state index is 0. The van der Waals surface area contributed by atoms with E-state index in [0.717, 1.165) is 0 Å². The van der Waals surface area contributed by atoms with Crippen LogP contribution in [0.3, 0.4) is 0 Å². The average molecular weight is 128 g/mol. The first-order valence-electron chi connectivity index (χ1n) is 0. The third-order valence-electron chi connectivity index (χ3n) is 0. The molecule has 1 atom stereocenters. The maximum atomic E-state index is 0. The zero-order valence-electron chi connectivity index (χ0n) is 2.23. The molecular formula is H8NNiOP. The Kier molecular flexibility index (Phi) is 1100. The second kappa shape index (κ2) is 43.7. The molecule has 5 N–H and O–H groups in total. The van der Waals surface area contributed by atoms with Gasteiger partial charge in [0.25, 0.3) is 0 Å². The minimum absolute atomic E-state index is 0. The number of hydrogen-bond acceptors (Lipinski definition) is 1. The van der Waals surface area contributed by atoms with Gasteiger partial charge in [-0.05, 0) is 0 Å². The van der Waals surface area contributed by atoms with Gasteiger partial charge in [0.15, 0.2) is 0 Å². The molecule has 0 spiro atoms. The van der Waals surface area contributed by atoms with Crippen molar-refractivity contribution in [3.05, 3.63) is 0 Å².